The van der Waals surface area contributed by atoms with Gasteiger partial charge in [-0.05, 0) is 69.5 Å². The van der Waals surface area contributed by atoms with E-state index in [1.807, 2.05) is 36.0 Å². The van der Waals surface area contributed by atoms with Crippen molar-refractivity contribution in [3.8, 4) is 0 Å². The standard InChI is InChI=1S/C31H37Cl2N9O4/c1-41(2)11-3-10-34-29(44)25-14-22(18-35-25)39-31(46)27-16-23(19-37-27)40-30(45)26-15-21(17-36-26)38-28(43)20-4-6-24(7-5-20)42(12-8-32)13-9-33/h4-7,14-19,35-37H,3,8-13H2,1-2H3,(H,34,44)(H,38,43)(H,39,46)(H,40,45). The van der Waals surface area contributed by atoms with Gasteiger partial charge in [0.2, 0.25) is 0 Å². The number of carbonyl (C=O) groups is 4. The van der Waals surface area contributed by atoms with E-state index in [2.05, 4.69) is 36.2 Å². The minimum atomic E-state index is -0.471. The first-order valence-electron chi connectivity index (χ1n) is 14.6. The predicted molar refractivity (Wildman–Crippen MR) is 182 cm³/mol. The predicted octanol–water partition coefficient (Wildman–Crippen LogP) is 4.39. The molecule has 0 bridgehead atoms. The number of halogens is 2. The number of carbonyl (C=O) groups excluding carboxylic acids is 4. The highest BCUT2D eigenvalue weighted by atomic mass is 35.5. The third kappa shape index (κ3) is 9.64. The third-order valence-corrected chi connectivity index (χ3v) is 7.17. The van der Waals surface area contributed by atoms with Crippen LogP contribution in [0.1, 0.15) is 48.2 Å². The minimum Gasteiger partial charge on any atom is -0.369 e. The zero-order valence-electron chi connectivity index (χ0n) is 25.5. The topological polar surface area (TPSA) is 170 Å². The average Bonchev–Trinajstić information content (AvgIpc) is 3.81. The van der Waals surface area contributed by atoms with Gasteiger partial charge in [-0.3, -0.25) is 19.2 Å². The molecule has 0 saturated heterocycles. The number of hydrogen-bond donors (Lipinski definition) is 7. The Hall–Kier alpha value is -4.72. The lowest BCUT2D eigenvalue weighted by Gasteiger charge is -2.22. The average molecular weight is 671 g/mol. The molecule has 0 saturated carbocycles. The fourth-order valence-electron chi connectivity index (χ4n) is 4.48. The number of nitrogens with one attached hydrogen (secondary N) is 7. The van der Waals surface area contributed by atoms with E-state index in [4.69, 9.17) is 23.2 Å². The first kappa shape index (κ1) is 34.2. The van der Waals surface area contributed by atoms with Crippen LogP contribution in [0.15, 0.2) is 61.1 Å². The first-order chi connectivity index (χ1) is 22.2. The van der Waals surface area contributed by atoms with Crippen LogP contribution >= 0.6 is 23.2 Å². The molecule has 0 fully saturated rings. The Balaban J connectivity index is 1.27. The molecule has 0 radical (unpaired) electrons. The van der Waals surface area contributed by atoms with Crippen molar-refractivity contribution in [3.05, 3.63) is 83.7 Å². The first-order valence-corrected chi connectivity index (χ1v) is 15.6. The second kappa shape index (κ2) is 16.5. The number of hydrogen-bond acceptors (Lipinski definition) is 6. The lowest BCUT2D eigenvalue weighted by Crippen LogP contribution is -2.27. The Labute approximate surface area is 276 Å². The van der Waals surface area contributed by atoms with E-state index in [1.165, 1.54) is 30.7 Å². The van der Waals surface area contributed by atoms with E-state index in [0.717, 1.165) is 18.7 Å². The number of amides is 4. The summed E-state index contributed by atoms with van der Waals surface area (Å²) in [6, 6.07) is 11.6. The fourth-order valence-corrected chi connectivity index (χ4v) is 4.89. The molecule has 0 spiro atoms. The molecule has 0 aliphatic rings. The lowest BCUT2D eigenvalue weighted by molar-refractivity contribution is 0.0945. The number of aromatic amines is 3. The van der Waals surface area contributed by atoms with Crippen molar-refractivity contribution in [2.75, 3.05) is 72.9 Å². The minimum absolute atomic E-state index is 0.199. The molecule has 4 aromatic rings. The van der Waals surface area contributed by atoms with Crippen LogP contribution in [0, 0.1) is 0 Å². The zero-order chi connectivity index (χ0) is 33.1. The van der Waals surface area contributed by atoms with Crippen LogP contribution in [0.2, 0.25) is 0 Å². The van der Waals surface area contributed by atoms with E-state index >= 15 is 0 Å². The van der Waals surface area contributed by atoms with E-state index < -0.39 is 11.8 Å². The number of anilines is 4. The maximum absolute atomic E-state index is 12.8. The summed E-state index contributed by atoms with van der Waals surface area (Å²) < 4.78 is 0. The summed E-state index contributed by atoms with van der Waals surface area (Å²) in [6.07, 6.45) is 5.33. The molecule has 0 atom stereocenters. The quantitative estimate of drug-likeness (QED) is 0.0689. The van der Waals surface area contributed by atoms with Crippen molar-refractivity contribution in [3.63, 3.8) is 0 Å². The van der Waals surface area contributed by atoms with Gasteiger partial charge in [0.15, 0.2) is 0 Å². The van der Waals surface area contributed by atoms with Crippen LogP contribution < -0.4 is 26.2 Å². The fraction of sp³-hybridized carbons (Fsp3) is 0.290. The second-order valence-corrected chi connectivity index (χ2v) is 11.3. The van der Waals surface area contributed by atoms with E-state index in [9.17, 15) is 19.2 Å². The van der Waals surface area contributed by atoms with Crippen molar-refractivity contribution in [2.24, 2.45) is 0 Å². The molecule has 1 aromatic carbocycles. The molecule has 3 heterocycles. The SMILES string of the molecule is CN(C)CCCNC(=O)c1cc(NC(=O)c2cc(NC(=O)c3cc(NC(=O)c4ccc(N(CCCl)CCCl)cc4)c[nH]3)c[nH]2)c[nH]1. The summed E-state index contributed by atoms with van der Waals surface area (Å²) in [6.45, 7) is 2.67. The highest BCUT2D eigenvalue weighted by Crippen LogP contribution is 2.19. The van der Waals surface area contributed by atoms with Gasteiger partial charge in [0.05, 0.1) is 17.1 Å². The molecule has 46 heavy (non-hydrogen) atoms. The van der Waals surface area contributed by atoms with Crippen molar-refractivity contribution in [1.82, 2.24) is 25.2 Å². The summed E-state index contributed by atoms with van der Waals surface area (Å²) in [5.41, 5.74) is 3.27. The molecular formula is C31H37Cl2N9O4. The molecule has 0 unspecified atom stereocenters. The Morgan fingerprint density at radius 3 is 1.57 bits per heavy atom. The molecule has 244 valence electrons. The van der Waals surface area contributed by atoms with Gasteiger partial charge in [0, 0.05) is 61.2 Å². The smallest absolute Gasteiger partial charge is 0.272 e. The number of rotatable bonds is 16. The highest BCUT2D eigenvalue weighted by Gasteiger charge is 2.16. The molecule has 3 aromatic heterocycles. The maximum Gasteiger partial charge on any atom is 0.272 e. The molecule has 0 aliphatic heterocycles. The molecule has 4 rings (SSSR count). The number of H-pyrrole nitrogens is 3. The largest absolute Gasteiger partial charge is 0.369 e. The summed E-state index contributed by atoms with van der Waals surface area (Å²) in [5.74, 6) is -0.618. The van der Waals surface area contributed by atoms with Crippen molar-refractivity contribution < 1.29 is 19.2 Å². The van der Waals surface area contributed by atoms with Gasteiger partial charge in [0.25, 0.3) is 23.6 Å². The van der Waals surface area contributed by atoms with Gasteiger partial charge in [-0.15, -0.1) is 23.2 Å². The molecular weight excluding hydrogens is 633 g/mol. The second-order valence-electron chi connectivity index (χ2n) is 10.6. The van der Waals surface area contributed by atoms with Crippen LogP contribution in [0.4, 0.5) is 22.7 Å². The molecule has 0 aliphatic carbocycles. The van der Waals surface area contributed by atoms with E-state index in [-0.39, 0.29) is 23.2 Å². The monoisotopic (exact) mass is 669 g/mol. The maximum atomic E-state index is 12.8. The molecule has 7 N–H and O–H groups in total. The van der Waals surface area contributed by atoms with Crippen molar-refractivity contribution in [2.45, 2.75) is 6.42 Å². The van der Waals surface area contributed by atoms with Crippen molar-refractivity contribution >= 4 is 69.6 Å². The van der Waals surface area contributed by atoms with Crippen LogP contribution in [-0.4, -0.2) is 95.5 Å². The van der Waals surface area contributed by atoms with E-state index in [1.54, 1.807) is 18.2 Å². The van der Waals surface area contributed by atoms with Gasteiger partial charge >= 0.3 is 0 Å². The van der Waals surface area contributed by atoms with Crippen LogP contribution in [0.5, 0.6) is 0 Å². The molecule has 4 amide bonds. The van der Waals surface area contributed by atoms with Gasteiger partial charge in [-0.25, -0.2) is 0 Å². The Morgan fingerprint density at radius 1 is 0.652 bits per heavy atom. The van der Waals surface area contributed by atoms with Gasteiger partial charge in [0.1, 0.15) is 17.1 Å². The van der Waals surface area contributed by atoms with E-state index in [0.29, 0.717) is 59.7 Å². The molecule has 13 nitrogen and oxygen atoms in total. The Kier molecular flexibility index (Phi) is 12.3. The normalized spacial score (nSPS) is 10.9. The third-order valence-electron chi connectivity index (χ3n) is 6.83. The molecule has 15 heteroatoms. The summed E-state index contributed by atoms with van der Waals surface area (Å²) in [7, 11) is 3.93. The summed E-state index contributed by atoms with van der Waals surface area (Å²) in [5, 5.41) is 11.0. The summed E-state index contributed by atoms with van der Waals surface area (Å²) >= 11 is 11.8. The number of alkyl halides is 2. The van der Waals surface area contributed by atoms with Crippen molar-refractivity contribution in [1.29, 1.82) is 0 Å². The summed E-state index contributed by atoms with van der Waals surface area (Å²) in [4.78, 5) is 63.2. The highest BCUT2D eigenvalue weighted by molar-refractivity contribution is 6.18. The Morgan fingerprint density at radius 2 is 1.11 bits per heavy atom. The number of aromatic nitrogens is 3. The lowest BCUT2D eigenvalue weighted by atomic mass is 10.1. The van der Waals surface area contributed by atoms with Crippen LogP contribution in [-0.2, 0) is 0 Å². The number of nitrogens with zero attached hydrogens (tertiary/aromatic N) is 2. The zero-order valence-corrected chi connectivity index (χ0v) is 27.0. The van der Waals surface area contributed by atoms with Gasteiger partial charge in [-0.2, -0.15) is 0 Å². The van der Waals surface area contributed by atoms with Gasteiger partial charge < -0.3 is 46.0 Å². The Bertz CT molecular complexity index is 1620. The van der Waals surface area contributed by atoms with Gasteiger partial charge in [-0.1, -0.05) is 0 Å². The number of benzene rings is 1. The van der Waals surface area contributed by atoms with Crippen LogP contribution in [0.25, 0.3) is 0 Å². The van der Waals surface area contributed by atoms with Crippen LogP contribution in [0.3, 0.4) is 0 Å².